The van der Waals surface area contributed by atoms with Crippen molar-refractivity contribution in [2.24, 2.45) is 0 Å². The number of ether oxygens (including phenoxy) is 1. The van der Waals surface area contributed by atoms with Crippen LogP contribution in [0, 0.1) is 6.92 Å². The summed E-state index contributed by atoms with van der Waals surface area (Å²) in [6, 6.07) is 19.3. The molecule has 1 N–H and O–H groups in total. The van der Waals surface area contributed by atoms with Crippen LogP contribution in [0.15, 0.2) is 81.3 Å². The molecular weight excluding hydrogens is 488 g/mol. The summed E-state index contributed by atoms with van der Waals surface area (Å²) in [5.74, 6) is -0.435. The van der Waals surface area contributed by atoms with Crippen molar-refractivity contribution in [3.63, 3.8) is 0 Å². The van der Waals surface area contributed by atoms with E-state index in [4.69, 9.17) is 4.74 Å². The largest absolute Gasteiger partial charge is 0.461 e. The number of fused-ring (bicyclic) bond motifs is 3. The zero-order chi connectivity index (χ0) is 26.2. The van der Waals surface area contributed by atoms with Crippen LogP contribution in [0.1, 0.15) is 46.1 Å². The van der Waals surface area contributed by atoms with Gasteiger partial charge in [0, 0.05) is 6.54 Å². The molecular formula is C29H28N2O5S. The molecule has 5 rings (SSSR count). The first-order valence-electron chi connectivity index (χ1n) is 12.3. The fraction of sp³-hybridized carbons (Fsp3) is 0.241. The second kappa shape index (κ2) is 9.86. The van der Waals surface area contributed by atoms with E-state index in [2.05, 4.69) is 4.98 Å². The molecule has 2 aromatic heterocycles. The van der Waals surface area contributed by atoms with Gasteiger partial charge in [-0.15, -0.1) is 0 Å². The van der Waals surface area contributed by atoms with Crippen molar-refractivity contribution in [3.8, 4) is 11.4 Å². The Morgan fingerprint density at radius 2 is 1.70 bits per heavy atom. The van der Waals surface area contributed by atoms with Gasteiger partial charge in [0.25, 0.3) is 5.56 Å². The molecule has 0 amide bonds. The standard InChI is InChI=1S/C29H28N2O5S/c1-3-36-29(33)24-16-22-9-7-8-21-17-25(37(34,35)23-10-5-4-6-11-23)28(32)30-26(21)27(22)31(24)18-20-14-12-19(2)13-15-20/h4-6,10-17H,3,7-9,18H2,1-2H3,(H,30,32). The summed E-state index contributed by atoms with van der Waals surface area (Å²) in [4.78, 5) is 28.9. The summed E-state index contributed by atoms with van der Waals surface area (Å²) in [5, 5.41) is 0. The average molecular weight is 517 g/mol. The van der Waals surface area contributed by atoms with Crippen molar-refractivity contribution >= 4 is 15.8 Å². The second-order valence-corrected chi connectivity index (χ2v) is 11.1. The monoisotopic (exact) mass is 516 g/mol. The van der Waals surface area contributed by atoms with Gasteiger partial charge in [-0.25, -0.2) is 13.2 Å². The van der Waals surface area contributed by atoms with Gasteiger partial charge in [0.1, 0.15) is 10.6 Å². The fourth-order valence-electron chi connectivity index (χ4n) is 4.86. The Morgan fingerprint density at radius 1 is 1.00 bits per heavy atom. The van der Waals surface area contributed by atoms with Crippen molar-refractivity contribution in [1.82, 2.24) is 9.55 Å². The van der Waals surface area contributed by atoms with E-state index in [-0.39, 0.29) is 16.4 Å². The average Bonchev–Trinajstić information content (AvgIpc) is 3.14. The Bertz CT molecular complexity index is 1630. The quantitative estimate of drug-likeness (QED) is 0.375. The third-order valence-corrected chi connectivity index (χ3v) is 8.46. The number of hydrogen-bond acceptors (Lipinski definition) is 5. The smallest absolute Gasteiger partial charge is 0.354 e. The van der Waals surface area contributed by atoms with E-state index < -0.39 is 21.4 Å². The molecule has 0 atom stereocenters. The number of aromatic nitrogens is 2. The Balaban J connectivity index is 1.70. The number of rotatable bonds is 6. The molecule has 0 spiro atoms. The van der Waals surface area contributed by atoms with Crippen molar-refractivity contribution in [2.75, 3.05) is 6.61 Å². The molecule has 7 nitrogen and oxygen atoms in total. The second-order valence-electron chi connectivity index (χ2n) is 9.23. The van der Waals surface area contributed by atoms with Crippen LogP contribution in [-0.2, 0) is 34.0 Å². The molecule has 8 heteroatoms. The van der Waals surface area contributed by atoms with Gasteiger partial charge >= 0.3 is 5.97 Å². The molecule has 190 valence electrons. The van der Waals surface area contributed by atoms with Gasteiger partial charge in [-0.1, -0.05) is 48.0 Å². The van der Waals surface area contributed by atoms with Crippen molar-refractivity contribution < 1.29 is 17.9 Å². The third kappa shape index (κ3) is 4.64. The Morgan fingerprint density at radius 3 is 2.41 bits per heavy atom. The number of carbonyl (C=O) groups excluding carboxylic acids is 1. The molecule has 2 heterocycles. The number of carbonyl (C=O) groups is 1. The lowest BCUT2D eigenvalue weighted by molar-refractivity contribution is 0.0514. The highest BCUT2D eigenvalue weighted by molar-refractivity contribution is 7.91. The van der Waals surface area contributed by atoms with Crippen LogP contribution in [0.4, 0.5) is 0 Å². The first-order chi connectivity index (χ1) is 17.8. The summed E-state index contributed by atoms with van der Waals surface area (Å²) < 4.78 is 33.8. The number of pyridine rings is 1. The zero-order valence-electron chi connectivity index (χ0n) is 20.8. The third-order valence-electron chi connectivity index (χ3n) is 6.68. The first kappa shape index (κ1) is 24.8. The van der Waals surface area contributed by atoms with Crippen molar-refractivity contribution in [2.45, 2.75) is 49.4 Å². The number of aryl methyl sites for hydroxylation is 3. The Labute approximate surface area is 215 Å². The van der Waals surface area contributed by atoms with E-state index in [1.165, 1.54) is 18.2 Å². The number of H-pyrrole nitrogens is 1. The van der Waals surface area contributed by atoms with E-state index in [0.29, 0.717) is 30.8 Å². The molecule has 1 aliphatic carbocycles. The maximum atomic E-state index is 13.3. The Kier molecular flexibility index (Phi) is 6.60. The molecule has 37 heavy (non-hydrogen) atoms. The number of esters is 1. The van der Waals surface area contributed by atoms with Crippen molar-refractivity contribution in [3.05, 3.63) is 105 Å². The molecule has 4 aromatic rings. The van der Waals surface area contributed by atoms with Gasteiger partial charge in [0.05, 0.1) is 22.9 Å². The lowest BCUT2D eigenvalue weighted by Gasteiger charge is -2.16. The molecule has 0 unspecified atom stereocenters. The van der Waals surface area contributed by atoms with Crippen molar-refractivity contribution in [1.29, 1.82) is 0 Å². The van der Waals surface area contributed by atoms with Crippen LogP contribution in [0.3, 0.4) is 0 Å². The van der Waals surface area contributed by atoms with E-state index in [0.717, 1.165) is 34.4 Å². The summed E-state index contributed by atoms with van der Waals surface area (Å²) in [7, 11) is -4.00. The van der Waals surface area contributed by atoms with Crippen LogP contribution >= 0.6 is 0 Å². The van der Waals surface area contributed by atoms with Gasteiger partial charge in [-0.2, -0.15) is 0 Å². The molecule has 1 aliphatic rings. The minimum atomic E-state index is -4.00. The minimum absolute atomic E-state index is 0.0714. The number of hydrogen-bond donors (Lipinski definition) is 1. The van der Waals surface area contributed by atoms with E-state index in [1.807, 2.05) is 41.8 Å². The highest BCUT2D eigenvalue weighted by atomic mass is 32.2. The summed E-state index contributed by atoms with van der Waals surface area (Å²) >= 11 is 0. The summed E-state index contributed by atoms with van der Waals surface area (Å²) in [6.45, 7) is 4.41. The number of aromatic amines is 1. The predicted octanol–water partition coefficient (Wildman–Crippen LogP) is 4.70. The predicted molar refractivity (Wildman–Crippen MR) is 141 cm³/mol. The fourth-order valence-corrected chi connectivity index (χ4v) is 6.22. The molecule has 0 saturated heterocycles. The lowest BCUT2D eigenvalue weighted by atomic mass is 10.1. The maximum absolute atomic E-state index is 13.3. The van der Waals surface area contributed by atoms with Gasteiger partial charge < -0.3 is 14.3 Å². The van der Waals surface area contributed by atoms with Crippen LogP contribution in [0.2, 0.25) is 0 Å². The Hall–Kier alpha value is -3.91. The molecule has 2 aromatic carbocycles. The van der Waals surface area contributed by atoms with Crippen LogP contribution in [-0.4, -0.2) is 30.5 Å². The molecule has 0 saturated carbocycles. The normalized spacial score (nSPS) is 12.9. The molecule has 0 radical (unpaired) electrons. The van der Waals surface area contributed by atoms with Crippen LogP contribution in [0.5, 0.6) is 0 Å². The number of nitrogens with zero attached hydrogens (tertiary/aromatic N) is 1. The van der Waals surface area contributed by atoms with Crippen LogP contribution < -0.4 is 5.56 Å². The SMILES string of the molecule is CCOC(=O)c1cc2c(n1Cc1ccc(C)cc1)-c1[nH]c(=O)c(S(=O)(=O)c3ccccc3)cc1CCC2. The summed E-state index contributed by atoms with van der Waals surface area (Å²) in [6.07, 6.45) is 2.02. The van der Waals surface area contributed by atoms with Gasteiger partial charge in [-0.05, 0) is 74.1 Å². The highest BCUT2D eigenvalue weighted by Gasteiger charge is 2.29. The summed E-state index contributed by atoms with van der Waals surface area (Å²) in [5.41, 5.74) is 4.76. The van der Waals surface area contributed by atoms with Gasteiger partial charge in [0.15, 0.2) is 0 Å². The van der Waals surface area contributed by atoms with E-state index in [1.54, 1.807) is 25.1 Å². The maximum Gasteiger partial charge on any atom is 0.354 e. The molecule has 0 bridgehead atoms. The number of benzene rings is 2. The van der Waals surface area contributed by atoms with E-state index in [9.17, 15) is 18.0 Å². The number of sulfone groups is 1. The number of nitrogens with one attached hydrogen (secondary N) is 1. The lowest BCUT2D eigenvalue weighted by Crippen LogP contribution is -2.21. The molecule has 0 aliphatic heterocycles. The topological polar surface area (TPSA) is 98.2 Å². The van der Waals surface area contributed by atoms with Crippen LogP contribution in [0.25, 0.3) is 11.4 Å². The first-order valence-corrected chi connectivity index (χ1v) is 13.8. The van der Waals surface area contributed by atoms with Gasteiger partial charge in [0.2, 0.25) is 9.84 Å². The minimum Gasteiger partial charge on any atom is -0.461 e. The van der Waals surface area contributed by atoms with Gasteiger partial charge in [-0.3, -0.25) is 4.79 Å². The highest BCUT2D eigenvalue weighted by Crippen LogP contribution is 2.35. The zero-order valence-corrected chi connectivity index (χ0v) is 21.6. The van der Waals surface area contributed by atoms with E-state index >= 15 is 0 Å². The molecule has 0 fully saturated rings.